The molecule has 1 saturated heterocycles. The summed E-state index contributed by atoms with van der Waals surface area (Å²) in [6.45, 7) is 10.1. The topological polar surface area (TPSA) is 145 Å². The minimum absolute atomic E-state index is 0.0311. The van der Waals surface area contributed by atoms with Gasteiger partial charge in [0.2, 0.25) is 0 Å². The molecule has 0 bridgehead atoms. The Bertz CT molecular complexity index is 1360. The second-order valence-electron chi connectivity index (χ2n) is 10.2. The third-order valence-corrected chi connectivity index (χ3v) is 8.06. The molecule has 12 heteroatoms. The van der Waals surface area contributed by atoms with Crippen LogP contribution in [0.2, 0.25) is 0 Å². The lowest BCUT2D eigenvalue weighted by atomic mass is 10.1. The number of carbonyl (C=O) groups is 1. The lowest BCUT2D eigenvalue weighted by Gasteiger charge is -2.34. The van der Waals surface area contributed by atoms with E-state index in [0.717, 1.165) is 25.1 Å². The number of nitrogens with two attached hydrogens (primary N) is 1. The zero-order chi connectivity index (χ0) is 26.3. The molecule has 194 valence electrons. The molecular formula is C24H33N7O4S. The van der Waals surface area contributed by atoms with Gasteiger partial charge in [-0.3, -0.25) is 0 Å². The van der Waals surface area contributed by atoms with Gasteiger partial charge in [-0.2, -0.15) is 5.10 Å². The van der Waals surface area contributed by atoms with E-state index in [1.807, 2.05) is 26.8 Å². The lowest BCUT2D eigenvalue weighted by molar-refractivity contribution is 0.0500. The molecule has 0 saturated carbocycles. The summed E-state index contributed by atoms with van der Waals surface area (Å²) >= 11 is 0. The smallest absolute Gasteiger partial charge is 0.407 e. The van der Waals surface area contributed by atoms with Crippen molar-refractivity contribution in [1.82, 2.24) is 24.9 Å². The number of sulfone groups is 1. The van der Waals surface area contributed by atoms with Gasteiger partial charge in [0.15, 0.2) is 20.7 Å². The Kier molecular flexibility index (Phi) is 6.82. The van der Waals surface area contributed by atoms with Crippen LogP contribution in [0.3, 0.4) is 0 Å². The summed E-state index contributed by atoms with van der Waals surface area (Å²) in [5, 5.41) is 6.84. The average Bonchev–Trinajstić information content (AvgIpc) is 3.19. The Balaban J connectivity index is 1.66. The molecule has 4 rings (SSSR count). The van der Waals surface area contributed by atoms with Crippen LogP contribution in [-0.4, -0.2) is 64.1 Å². The number of piperidine rings is 1. The number of aromatic nitrogens is 4. The summed E-state index contributed by atoms with van der Waals surface area (Å²) in [5.74, 6) is 0.320. The van der Waals surface area contributed by atoms with E-state index in [9.17, 15) is 13.2 Å². The predicted molar refractivity (Wildman–Crippen MR) is 138 cm³/mol. The summed E-state index contributed by atoms with van der Waals surface area (Å²) in [6.07, 6.45) is 4.16. The van der Waals surface area contributed by atoms with Crippen LogP contribution in [0.15, 0.2) is 35.7 Å². The number of fused-ring (bicyclic) bond motifs is 1. The number of nitrogens with zero attached hydrogens (tertiary/aromatic N) is 5. The first-order valence-electron chi connectivity index (χ1n) is 11.9. The Labute approximate surface area is 211 Å². The van der Waals surface area contributed by atoms with Gasteiger partial charge in [-0.05, 0) is 65.7 Å². The van der Waals surface area contributed by atoms with Crippen LogP contribution in [0.1, 0.15) is 47.5 Å². The zero-order valence-electron chi connectivity index (χ0n) is 21.2. The number of nitrogens with one attached hydrogen (secondary N) is 1. The van der Waals surface area contributed by atoms with Gasteiger partial charge < -0.3 is 20.7 Å². The average molecular weight is 516 g/mol. The maximum atomic E-state index is 12.5. The summed E-state index contributed by atoms with van der Waals surface area (Å²) < 4.78 is 32.1. The van der Waals surface area contributed by atoms with E-state index in [-0.39, 0.29) is 11.1 Å². The van der Waals surface area contributed by atoms with Gasteiger partial charge in [0.25, 0.3) is 0 Å². The van der Waals surface area contributed by atoms with Gasteiger partial charge >= 0.3 is 6.09 Å². The van der Waals surface area contributed by atoms with E-state index in [1.54, 1.807) is 24.4 Å². The first kappa shape index (κ1) is 25.7. The van der Waals surface area contributed by atoms with Crippen molar-refractivity contribution in [3.8, 4) is 11.3 Å². The number of hydrogen-bond acceptors (Lipinski definition) is 9. The highest BCUT2D eigenvalue weighted by Crippen LogP contribution is 2.35. The van der Waals surface area contributed by atoms with Crippen LogP contribution < -0.4 is 16.0 Å². The van der Waals surface area contributed by atoms with Gasteiger partial charge in [0.05, 0.1) is 16.6 Å². The van der Waals surface area contributed by atoms with Crippen molar-refractivity contribution in [3.63, 3.8) is 0 Å². The number of amides is 1. The van der Waals surface area contributed by atoms with Crippen molar-refractivity contribution in [2.75, 3.05) is 23.7 Å². The van der Waals surface area contributed by atoms with Crippen LogP contribution >= 0.6 is 0 Å². The van der Waals surface area contributed by atoms with Crippen LogP contribution in [0, 0.1) is 0 Å². The Morgan fingerprint density at radius 1 is 1.25 bits per heavy atom. The quantitative estimate of drug-likeness (QED) is 0.523. The van der Waals surface area contributed by atoms with Crippen molar-refractivity contribution in [2.24, 2.45) is 0 Å². The summed E-state index contributed by atoms with van der Waals surface area (Å²) in [6, 6.07) is 5.08. The molecule has 3 aromatic heterocycles. The number of rotatable bonds is 5. The molecule has 1 aliphatic heterocycles. The second kappa shape index (κ2) is 9.57. The zero-order valence-corrected chi connectivity index (χ0v) is 22.0. The van der Waals surface area contributed by atoms with Gasteiger partial charge in [-0.1, -0.05) is 0 Å². The molecule has 0 aliphatic carbocycles. The monoisotopic (exact) mass is 515 g/mol. The van der Waals surface area contributed by atoms with Gasteiger partial charge in [-0.25, -0.2) is 27.7 Å². The highest BCUT2D eigenvalue weighted by Gasteiger charge is 2.28. The maximum Gasteiger partial charge on any atom is 0.407 e. The van der Waals surface area contributed by atoms with Crippen LogP contribution in [0.4, 0.5) is 16.3 Å². The van der Waals surface area contributed by atoms with Crippen molar-refractivity contribution in [2.45, 2.75) is 69.4 Å². The standard InChI is InChI=1S/C24H33N7O4S/c1-15(2)36(33,34)20-9-8-16(12-26-20)18-11-19(21-22(25)27-14-28-31(18)21)30-10-6-7-17(13-30)29-23(32)35-24(3,4)5/h8-9,11-12,14-15,17H,6-7,10,13H2,1-5H3,(H,29,32)(H2,25,27,28)/t17-/m1/s1. The van der Waals surface area contributed by atoms with E-state index in [1.165, 1.54) is 18.6 Å². The van der Waals surface area contributed by atoms with E-state index in [2.05, 4.69) is 25.3 Å². The number of nitrogen functional groups attached to an aromatic ring is 1. The Morgan fingerprint density at radius 3 is 2.64 bits per heavy atom. The predicted octanol–water partition coefficient (Wildman–Crippen LogP) is 3.05. The number of pyridine rings is 1. The summed E-state index contributed by atoms with van der Waals surface area (Å²) in [5.41, 5.74) is 8.57. The number of anilines is 2. The number of carbonyl (C=O) groups excluding carboxylic acids is 1. The molecule has 1 amide bonds. The van der Waals surface area contributed by atoms with Crippen LogP contribution in [0.5, 0.6) is 0 Å². The molecule has 0 spiro atoms. The molecule has 0 aromatic carbocycles. The van der Waals surface area contributed by atoms with E-state index >= 15 is 0 Å². The summed E-state index contributed by atoms with van der Waals surface area (Å²) in [4.78, 5) is 22.9. The number of ether oxygens (including phenoxy) is 1. The van der Waals surface area contributed by atoms with Crippen molar-refractivity contribution >= 4 is 33.0 Å². The third kappa shape index (κ3) is 5.23. The lowest BCUT2D eigenvalue weighted by Crippen LogP contribution is -2.49. The highest BCUT2D eigenvalue weighted by atomic mass is 32.2. The largest absolute Gasteiger partial charge is 0.444 e. The van der Waals surface area contributed by atoms with Crippen molar-refractivity contribution in [3.05, 3.63) is 30.7 Å². The van der Waals surface area contributed by atoms with Crippen LogP contribution in [0.25, 0.3) is 16.8 Å². The number of alkyl carbamates (subject to hydrolysis) is 1. The fraction of sp³-hybridized carbons (Fsp3) is 0.500. The minimum atomic E-state index is -3.48. The molecule has 3 N–H and O–H groups in total. The molecular weight excluding hydrogens is 482 g/mol. The molecule has 1 fully saturated rings. The first-order chi connectivity index (χ1) is 16.9. The molecule has 1 aliphatic rings. The van der Waals surface area contributed by atoms with Crippen molar-refractivity contribution < 1.29 is 17.9 Å². The Hall–Kier alpha value is -3.41. The fourth-order valence-electron chi connectivity index (χ4n) is 4.22. The molecule has 0 radical (unpaired) electrons. The van der Waals surface area contributed by atoms with Gasteiger partial charge in [0.1, 0.15) is 17.4 Å². The van der Waals surface area contributed by atoms with Gasteiger partial charge in [0, 0.05) is 30.9 Å². The third-order valence-electron chi connectivity index (χ3n) is 5.99. The van der Waals surface area contributed by atoms with E-state index < -0.39 is 26.8 Å². The summed E-state index contributed by atoms with van der Waals surface area (Å²) in [7, 11) is -3.48. The molecule has 11 nitrogen and oxygen atoms in total. The number of hydrogen-bond donors (Lipinski definition) is 2. The second-order valence-corrected chi connectivity index (χ2v) is 12.7. The van der Waals surface area contributed by atoms with Crippen molar-refractivity contribution in [1.29, 1.82) is 0 Å². The molecule has 4 heterocycles. The molecule has 1 atom stereocenters. The molecule has 36 heavy (non-hydrogen) atoms. The molecule has 0 unspecified atom stereocenters. The molecule has 3 aromatic rings. The van der Waals surface area contributed by atoms with Gasteiger partial charge in [-0.15, -0.1) is 0 Å². The fourth-order valence-corrected chi connectivity index (χ4v) is 5.17. The highest BCUT2D eigenvalue weighted by molar-refractivity contribution is 7.91. The van der Waals surface area contributed by atoms with E-state index in [0.29, 0.717) is 29.1 Å². The maximum absolute atomic E-state index is 12.5. The first-order valence-corrected chi connectivity index (χ1v) is 13.5. The Morgan fingerprint density at radius 2 is 2.00 bits per heavy atom. The van der Waals surface area contributed by atoms with Crippen LogP contribution in [-0.2, 0) is 14.6 Å². The minimum Gasteiger partial charge on any atom is -0.444 e. The SMILES string of the molecule is CC(C)S(=O)(=O)c1ccc(-c2cc(N3CCC[C@@H](NC(=O)OC(C)(C)C)C3)c3c(N)ncnn23)cn1. The normalized spacial score (nSPS) is 16.9. The van der Waals surface area contributed by atoms with E-state index in [4.69, 9.17) is 10.5 Å².